The van der Waals surface area contributed by atoms with Gasteiger partial charge in [0.25, 0.3) is 0 Å². The molecule has 2 N–H and O–H groups in total. The van der Waals surface area contributed by atoms with Crippen molar-refractivity contribution in [3.05, 3.63) is 46.2 Å². The van der Waals surface area contributed by atoms with Gasteiger partial charge < -0.3 is 10.2 Å². The van der Waals surface area contributed by atoms with E-state index in [1.165, 1.54) is 10.9 Å². The molecule has 0 saturated heterocycles. The minimum absolute atomic E-state index is 0.156. The van der Waals surface area contributed by atoms with Crippen LogP contribution in [0.25, 0.3) is 5.69 Å². The Balaban J connectivity index is 2.57. The predicted molar refractivity (Wildman–Crippen MR) is 66.2 cm³/mol. The van der Waals surface area contributed by atoms with E-state index in [4.69, 9.17) is 21.8 Å². The fourth-order valence-electron chi connectivity index (χ4n) is 1.66. The molecule has 0 amide bonds. The first-order valence-electron chi connectivity index (χ1n) is 5.22. The van der Waals surface area contributed by atoms with E-state index in [1.54, 1.807) is 12.1 Å². The second-order valence-corrected chi connectivity index (χ2v) is 4.28. The summed E-state index contributed by atoms with van der Waals surface area (Å²) >= 11 is 5.90. The lowest BCUT2D eigenvalue weighted by molar-refractivity contribution is 0.0686. The summed E-state index contributed by atoms with van der Waals surface area (Å²) in [7, 11) is 0. The van der Waals surface area contributed by atoms with Gasteiger partial charge in [0, 0.05) is 16.8 Å². The molecule has 1 heterocycles. The van der Waals surface area contributed by atoms with Crippen molar-refractivity contribution in [2.75, 3.05) is 0 Å². The van der Waals surface area contributed by atoms with Crippen molar-refractivity contribution in [2.45, 2.75) is 13.5 Å². The summed E-state index contributed by atoms with van der Waals surface area (Å²) in [6.45, 7) is 1.49. The van der Waals surface area contributed by atoms with Gasteiger partial charge in [-0.25, -0.2) is 9.48 Å². The number of rotatable bonds is 3. The molecular formula is C12H11ClN2O3. The number of carbonyl (C=O) groups is 1. The Bertz CT molecular complexity index is 607. The number of aliphatic hydroxyl groups excluding tert-OH is 1. The quantitative estimate of drug-likeness (QED) is 0.891. The minimum Gasteiger partial charge on any atom is -0.476 e. The number of carboxylic acids is 1. The summed E-state index contributed by atoms with van der Waals surface area (Å²) in [6.07, 6.45) is 1.49. The summed E-state index contributed by atoms with van der Waals surface area (Å²) in [4.78, 5) is 11.0. The van der Waals surface area contributed by atoms with Gasteiger partial charge in [0.15, 0.2) is 5.69 Å². The molecule has 6 heteroatoms. The summed E-state index contributed by atoms with van der Waals surface area (Å²) in [5, 5.41) is 22.6. The van der Waals surface area contributed by atoms with Crippen molar-refractivity contribution in [3.8, 4) is 5.69 Å². The Hall–Kier alpha value is -1.85. The molecule has 0 aliphatic rings. The lowest BCUT2D eigenvalue weighted by Gasteiger charge is -2.05. The van der Waals surface area contributed by atoms with Crippen LogP contribution in [0.3, 0.4) is 0 Å². The Morgan fingerprint density at radius 1 is 1.50 bits per heavy atom. The number of aryl methyl sites for hydroxylation is 1. The van der Waals surface area contributed by atoms with Gasteiger partial charge in [0.1, 0.15) is 0 Å². The molecule has 0 unspecified atom stereocenters. The molecule has 5 nitrogen and oxygen atoms in total. The molecule has 2 rings (SSSR count). The molecular weight excluding hydrogens is 256 g/mol. The molecule has 0 bridgehead atoms. The van der Waals surface area contributed by atoms with E-state index in [9.17, 15) is 4.79 Å². The predicted octanol–water partition coefficient (Wildman–Crippen LogP) is 2.02. The normalized spacial score (nSPS) is 10.6. The topological polar surface area (TPSA) is 75.4 Å². The van der Waals surface area contributed by atoms with Crippen molar-refractivity contribution in [1.29, 1.82) is 0 Å². The molecule has 0 radical (unpaired) electrons. The third kappa shape index (κ3) is 2.23. The highest BCUT2D eigenvalue weighted by atomic mass is 35.5. The van der Waals surface area contributed by atoms with Crippen molar-refractivity contribution >= 4 is 17.6 Å². The molecule has 0 atom stereocenters. The van der Waals surface area contributed by atoms with Gasteiger partial charge in [0.2, 0.25) is 0 Å². The number of carboxylic acid groups (broad SMARTS) is 1. The molecule has 2 aromatic rings. The van der Waals surface area contributed by atoms with Gasteiger partial charge in [-0.1, -0.05) is 17.7 Å². The van der Waals surface area contributed by atoms with Crippen LogP contribution in [-0.4, -0.2) is 26.0 Å². The van der Waals surface area contributed by atoms with Gasteiger partial charge in [-0.15, -0.1) is 0 Å². The number of aliphatic hydroxyl groups is 1. The maximum Gasteiger partial charge on any atom is 0.356 e. The number of hydrogen-bond acceptors (Lipinski definition) is 3. The zero-order valence-electron chi connectivity index (χ0n) is 9.59. The number of aromatic carboxylic acids is 1. The van der Waals surface area contributed by atoms with Crippen LogP contribution in [0.5, 0.6) is 0 Å². The summed E-state index contributed by atoms with van der Waals surface area (Å²) in [5.41, 5.74) is 1.70. The first kappa shape index (κ1) is 12.6. The summed E-state index contributed by atoms with van der Waals surface area (Å²) < 4.78 is 1.41. The van der Waals surface area contributed by atoms with Crippen LogP contribution in [-0.2, 0) is 6.61 Å². The standard InChI is InChI=1S/C12H11ClN2O3/c1-7-2-3-9(13)4-10(7)15-5-8(6-16)11(14-15)12(17)18/h2-5,16H,6H2,1H3,(H,17,18). The van der Waals surface area contributed by atoms with Crippen LogP contribution in [0, 0.1) is 6.92 Å². The highest BCUT2D eigenvalue weighted by Gasteiger charge is 2.16. The third-order valence-electron chi connectivity index (χ3n) is 2.58. The van der Waals surface area contributed by atoms with Crippen molar-refractivity contribution in [1.82, 2.24) is 9.78 Å². The maximum atomic E-state index is 11.0. The molecule has 0 aliphatic heterocycles. The van der Waals surface area contributed by atoms with Crippen molar-refractivity contribution in [2.24, 2.45) is 0 Å². The fraction of sp³-hybridized carbons (Fsp3) is 0.167. The number of halogens is 1. The van der Waals surface area contributed by atoms with E-state index in [2.05, 4.69) is 5.10 Å². The van der Waals surface area contributed by atoms with Gasteiger partial charge >= 0.3 is 5.97 Å². The highest BCUT2D eigenvalue weighted by molar-refractivity contribution is 6.30. The Kier molecular flexibility index (Phi) is 3.36. The van der Waals surface area contributed by atoms with E-state index >= 15 is 0 Å². The number of hydrogen-bond donors (Lipinski definition) is 2. The molecule has 1 aromatic carbocycles. The molecule has 0 saturated carbocycles. The van der Waals surface area contributed by atoms with Gasteiger partial charge in [0.05, 0.1) is 12.3 Å². The zero-order valence-corrected chi connectivity index (χ0v) is 10.3. The Labute approximate surface area is 108 Å². The lowest BCUT2D eigenvalue weighted by atomic mass is 10.2. The van der Waals surface area contributed by atoms with Gasteiger partial charge in [-0.2, -0.15) is 5.10 Å². The lowest BCUT2D eigenvalue weighted by Crippen LogP contribution is -2.03. The van der Waals surface area contributed by atoms with Crippen LogP contribution in [0.15, 0.2) is 24.4 Å². The Morgan fingerprint density at radius 2 is 2.22 bits per heavy atom. The first-order chi connectivity index (χ1) is 8.52. The third-order valence-corrected chi connectivity index (χ3v) is 2.82. The molecule has 0 fully saturated rings. The first-order valence-corrected chi connectivity index (χ1v) is 5.60. The average molecular weight is 267 g/mol. The van der Waals surface area contributed by atoms with Crippen LogP contribution in [0.4, 0.5) is 0 Å². The highest BCUT2D eigenvalue weighted by Crippen LogP contribution is 2.20. The number of aromatic nitrogens is 2. The largest absolute Gasteiger partial charge is 0.476 e. The number of benzene rings is 1. The van der Waals surface area contributed by atoms with Crippen LogP contribution in [0.2, 0.25) is 5.02 Å². The van der Waals surface area contributed by atoms with E-state index in [0.717, 1.165) is 5.56 Å². The van der Waals surface area contributed by atoms with E-state index < -0.39 is 5.97 Å². The van der Waals surface area contributed by atoms with Gasteiger partial charge in [-0.05, 0) is 24.6 Å². The molecule has 1 aromatic heterocycles. The van der Waals surface area contributed by atoms with Crippen molar-refractivity contribution in [3.63, 3.8) is 0 Å². The molecule has 94 valence electrons. The van der Waals surface area contributed by atoms with E-state index in [0.29, 0.717) is 10.7 Å². The Morgan fingerprint density at radius 3 is 2.78 bits per heavy atom. The second kappa shape index (κ2) is 4.80. The molecule has 18 heavy (non-hydrogen) atoms. The van der Waals surface area contributed by atoms with Crippen molar-refractivity contribution < 1.29 is 15.0 Å². The number of nitrogens with zero attached hydrogens (tertiary/aromatic N) is 2. The van der Waals surface area contributed by atoms with E-state index in [-0.39, 0.29) is 17.9 Å². The minimum atomic E-state index is -1.17. The van der Waals surface area contributed by atoms with Gasteiger partial charge in [-0.3, -0.25) is 0 Å². The average Bonchev–Trinajstić information content (AvgIpc) is 2.76. The molecule has 0 spiro atoms. The summed E-state index contributed by atoms with van der Waals surface area (Å²) in [6, 6.07) is 5.25. The van der Waals surface area contributed by atoms with E-state index in [1.807, 2.05) is 13.0 Å². The van der Waals surface area contributed by atoms with Crippen LogP contribution < -0.4 is 0 Å². The maximum absolute atomic E-state index is 11.0. The van der Waals surface area contributed by atoms with Crippen LogP contribution in [0.1, 0.15) is 21.6 Å². The fourth-order valence-corrected chi connectivity index (χ4v) is 1.82. The SMILES string of the molecule is Cc1ccc(Cl)cc1-n1cc(CO)c(C(=O)O)n1. The smallest absolute Gasteiger partial charge is 0.356 e. The van der Waals surface area contributed by atoms with Crippen LogP contribution >= 0.6 is 11.6 Å². The molecule has 0 aliphatic carbocycles. The second-order valence-electron chi connectivity index (χ2n) is 3.84. The summed E-state index contributed by atoms with van der Waals surface area (Å²) in [5.74, 6) is -1.17. The monoisotopic (exact) mass is 266 g/mol. The zero-order chi connectivity index (χ0) is 13.3.